The van der Waals surface area contributed by atoms with Crippen LogP contribution in [-0.4, -0.2) is 9.52 Å². The monoisotopic (exact) mass is 458 g/mol. The van der Waals surface area contributed by atoms with E-state index in [1.54, 1.807) is 0 Å². The number of ether oxygens (including phenoxy) is 1. The van der Waals surface area contributed by atoms with Crippen molar-refractivity contribution in [2.75, 3.05) is 0 Å². The Morgan fingerprint density at radius 2 is 1.53 bits per heavy atom. The predicted octanol–water partition coefficient (Wildman–Crippen LogP) is 8.20. The van der Waals surface area contributed by atoms with Gasteiger partial charge >= 0.3 is 0 Å². The first-order valence-electron chi connectivity index (χ1n) is 10.5. The quantitative estimate of drug-likeness (QED) is 0.192. The number of benzene rings is 1. The summed E-state index contributed by atoms with van der Waals surface area (Å²) in [5, 5.41) is 0. The average molecular weight is 459 g/mol. The zero-order valence-corrected chi connectivity index (χ0v) is 23.8. The largest absolute Gasteiger partial charge is 0.465 e. The maximum atomic E-state index is 5.69. The van der Waals surface area contributed by atoms with Crippen molar-refractivity contribution in [3.8, 4) is 5.75 Å². The van der Waals surface area contributed by atoms with E-state index in [9.17, 15) is 0 Å². The Bertz CT molecular complexity index is 730. The van der Waals surface area contributed by atoms with E-state index in [1.807, 2.05) is 36.6 Å². The van der Waals surface area contributed by atoms with Gasteiger partial charge < -0.3 is 4.74 Å². The minimum absolute atomic E-state index is 0. The molecule has 0 spiro atoms. The van der Waals surface area contributed by atoms with E-state index in [4.69, 9.17) is 4.74 Å². The first kappa shape index (κ1) is 31.1. The summed E-state index contributed by atoms with van der Waals surface area (Å²) in [5.41, 5.74) is 6.81. The van der Waals surface area contributed by atoms with Gasteiger partial charge in [-0.1, -0.05) is 90.4 Å². The van der Waals surface area contributed by atoms with Crippen molar-refractivity contribution in [2.45, 2.75) is 75.4 Å². The maximum Gasteiger partial charge on any atom is 0.126 e. The molecule has 1 aromatic rings. The summed E-state index contributed by atoms with van der Waals surface area (Å²) in [6.45, 7) is 23.8. The molecule has 2 rings (SSSR count). The Labute approximate surface area is 204 Å². The molecule has 1 aliphatic carbocycles. The zero-order chi connectivity index (χ0) is 22.6. The van der Waals surface area contributed by atoms with Crippen LogP contribution in [0.3, 0.4) is 0 Å². The molecule has 1 nitrogen and oxygen atoms in total. The van der Waals surface area contributed by atoms with Crippen LogP contribution in [0.5, 0.6) is 5.75 Å². The molecule has 3 heteroatoms. The van der Waals surface area contributed by atoms with Crippen LogP contribution in [0.2, 0.25) is 13.1 Å². The molecule has 0 N–H and O–H groups in total. The van der Waals surface area contributed by atoms with Gasteiger partial charge in [-0.15, -0.1) is 6.92 Å². The fourth-order valence-electron chi connectivity index (χ4n) is 2.53. The van der Waals surface area contributed by atoms with Crippen molar-refractivity contribution < 1.29 is 26.5 Å². The number of rotatable bonds is 3. The Kier molecular flexibility index (Phi) is 16.2. The van der Waals surface area contributed by atoms with E-state index < -0.39 is 0 Å². The van der Waals surface area contributed by atoms with Crippen LogP contribution in [0.25, 0.3) is 0 Å². The van der Waals surface area contributed by atoms with Crippen LogP contribution >= 0.6 is 0 Å². The first-order chi connectivity index (χ1) is 13.4. The van der Waals surface area contributed by atoms with Gasteiger partial charge in [0.25, 0.3) is 0 Å². The summed E-state index contributed by atoms with van der Waals surface area (Å²) in [4.78, 5) is 0. The Hall–Kier alpha value is -1.09. The van der Waals surface area contributed by atoms with Crippen molar-refractivity contribution >= 4 is 9.52 Å². The molecule has 0 aromatic heterocycles. The fourth-order valence-corrected chi connectivity index (χ4v) is 2.53. The zero-order valence-electron chi connectivity index (χ0n) is 21.1. The number of hydrogen-bond donors (Lipinski definition) is 0. The molecule has 0 amide bonds. The van der Waals surface area contributed by atoms with Gasteiger partial charge in [0.2, 0.25) is 0 Å². The van der Waals surface area contributed by atoms with Crippen molar-refractivity contribution in [3.05, 3.63) is 76.6 Å². The second kappa shape index (κ2) is 15.7. The van der Waals surface area contributed by atoms with Crippen LogP contribution < -0.4 is 4.74 Å². The van der Waals surface area contributed by atoms with Gasteiger partial charge in [0.15, 0.2) is 0 Å². The Morgan fingerprint density at radius 3 is 1.83 bits per heavy atom. The molecule has 0 saturated heterocycles. The molecule has 0 fully saturated rings. The van der Waals surface area contributed by atoms with Gasteiger partial charge in [0, 0.05) is 31.2 Å². The van der Waals surface area contributed by atoms with Gasteiger partial charge in [-0.25, -0.2) is 5.57 Å². The molecule has 30 heavy (non-hydrogen) atoms. The van der Waals surface area contributed by atoms with Crippen LogP contribution in [0.1, 0.15) is 62.3 Å². The van der Waals surface area contributed by atoms with E-state index >= 15 is 0 Å². The Morgan fingerprint density at radius 1 is 1.03 bits per heavy atom. The third-order valence-corrected chi connectivity index (χ3v) is 4.61. The van der Waals surface area contributed by atoms with Gasteiger partial charge in [-0.05, 0) is 37.0 Å². The van der Waals surface area contributed by atoms with Crippen LogP contribution in [-0.2, 0) is 21.7 Å². The number of allylic oxidation sites excluding steroid dienone is 7. The SMILES string of the molecule is CC(C)=CC(=COc1ccccc1)C(C)(C)C.CC1=[C-]C(C)C(C)=C1C.C[SiH]C.[Ti]. The molecule has 1 radical (unpaired) electrons. The minimum Gasteiger partial charge on any atom is -0.465 e. The topological polar surface area (TPSA) is 9.23 Å². The molecule has 0 saturated carbocycles. The predicted molar refractivity (Wildman–Crippen MR) is 133 cm³/mol. The second-order valence-electron chi connectivity index (χ2n) is 8.85. The summed E-state index contributed by atoms with van der Waals surface area (Å²) < 4.78 is 5.69. The minimum atomic E-state index is 0. The van der Waals surface area contributed by atoms with E-state index in [0.717, 1.165) is 15.3 Å². The van der Waals surface area contributed by atoms with E-state index in [0.29, 0.717) is 5.92 Å². The summed E-state index contributed by atoms with van der Waals surface area (Å²) in [5.74, 6) is 1.43. The maximum absolute atomic E-state index is 5.69. The van der Waals surface area contributed by atoms with E-state index in [2.05, 4.69) is 87.6 Å². The van der Waals surface area contributed by atoms with Crippen molar-refractivity contribution in [2.24, 2.45) is 11.3 Å². The number of para-hydroxylation sites is 1. The van der Waals surface area contributed by atoms with Crippen molar-refractivity contribution in [1.29, 1.82) is 0 Å². The number of hydrogen-bond acceptors (Lipinski definition) is 1. The van der Waals surface area contributed by atoms with E-state index in [1.165, 1.54) is 27.9 Å². The fraction of sp³-hybridized carbons (Fsp3) is 0.481. The smallest absolute Gasteiger partial charge is 0.126 e. The molecule has 1 unspecified atom stereocenters. The van der Waals surface area contributed by atoms with Crippen LogP contribution in [0, 0.1) is 17.4 Å². The average Bonchev–Trinajstić information content (AvgIpc) is 2.85. The summed E-state index contributed by atoms with van der Waals surface area (Å²) in [7, 11) is 0.750. The molecule has 0 bridgehead atoms. The molecule has 1 atom stereocenters. The van der Waals surface area contributed by atoms with Crippen LogP contribution in [0.15, 0.2) is 70.5 Å². The summed E-state index contributed by atoms with van der Waals surface area (Å²) in [6.07, 6.45) is 7.38. The van der Waals surface area contributed by atoms with Gasteiger partial charge in [-0.2, -0.15) is 11.1 Å². The molecular weight excluding hydrogens is 416 g/mol. The van der Waals surface area contributed by atoms with Crippen molar-refractivity contribution in [3.63, 3.8) is 0 Å². The van der Waals surface area contributed by atoms with Gasteiger partial charge in [0.05, 0.1) is 6.26 Å². The van der Waals surface area contributed by atoms with Gasteiger partial charge in [-0.3, -0.25) is 6.08 Å². The van der Waals surface area contributed by atoms with Crippen LogP contribution in [0.4, 0.5) is 0 Å². The summed E-state index contributed by atoms with van der Waals surface area (Å²) >= 11 is 0. The standard InChI is InChI=1S/C16H22O.C9H13.C2H7Si.Ti/c1-13(2)11-14(16(3,4)5)12-17-15-9-7-6-8-10-15;1-6-5-7(2)9(4)8(6)3;1-3-2;/h6-12H,1-5H3;6H,1-4H3;3H,1-2H3;/q;-1;;. The van der Waals surface area contributed by atoms with Gasteiger partial charge in [0.1, 0.15) is 5.75 Å². The molecule has 0 heterocycles. The molecule has 0 aliphatic heterocycles. The van der Waals surface area contributed by atoms with E-state index in [-0.39, 0.29) is 27.1 Å². The Balaban J connectivity index is 0. The second-order valence-corrected chi connectivity index (χ2v) is 10.0. The van der Waals surface area contributed by atoms with Crippen molar-refractivity contribution in [1.82, 2.24) is 0 Å². The molecule has 165 valence electrons. The normalized spacial score (nSPS) is 15.6. The molecule has 1 aromatic carbocycles. The third-order valence-electron chi connectivity index (χ3n) is 4.61. The third kappa shape index (κ3) is 12.6. The molecule has 1 aliphatic rings. The molecular formula is C27H42OSiTi-. The summed E-state index contributed by atoms with van der Waals surface area (Å²) in [6, 6.07) is 9.84. The first-order valence-corrected chi connectivity index (χ1v) is 12.8.